The summed E-state index contributed by atoms with van der Waals surface area (Å²) in [6.07, 6.45) is 1.44. The summed E-state index contributed by atoms with van der Waals surface area (Å²) in [6.45, 7) is 9.05. The van der Waals surface area contributed by atoms with Crippen LogP contribution in [0.3, 0.4) is 0 Å². The van der Waals surface area contributed by atoms with Crippen LogP contribution in [0.15, 0.2) is 22.7 Å². The van der Waals surface area contributed by atoms with Gasteiger partial charge in [-0.25, -0.2) is 0 Å². The van der Waals surface area contributed by atoms with Crippen LogP contribution in [0.4, 0.5) is 5.69 Å². The van der Waals surface area contributed by atoms with E-state index < -0.39 is 0 Å². The van der Waals surface area contributed by atoms with E-state index >= 15 is 0 Å². The molecule has 0 aliphatic carbocycles. The monoisotopic (exact) mass is 326 g/mol. The van der Waals surface area contributed by atoms with E-state index in [-0.39, 0.29) is 0 Å². The van der Waals surface area contributed by atoms with E-state index in [4.69, 9.17) is 4.74 Å². The van der Waals surface area contributed by atoms with E-state index in [1.807, 2.05) is 0 Å². The average molecular weight is 327 g/mol. The highest BCUT2D eigenvalue weighted by atomic mass is 79.9. The third kappa shape index (κ3) is 3.94. The quantitative estimate of drug-likeness (QED) is 0.899. The topological polar surface area (TPSA) is 24.5 Å². The van der Waals surface area contributed by atoms with Gasteiger partial charge >= 0.3 is 0 Å². The van der Waals surface area contributed by atoms with Gasteiger partial charge in [-0.15, -0.1) is 0 Å². The predicted molar refractivity (Wildman–Crippen MR) is 83.8 cm³/mol. The molecule has 1 aliphatic heterocycles. The highest BCUT2D eigenvalue weighted by Gasteiger charge is 2.20. The Hall–Kier alpha value is -0.580. The van der Waals surface area contributed by atoms with Gasteiger partial charge in [-0.3, -0.25) is 0 Å². The molecule has 0 bridgehead atoms. The van der Waals surface area contributed by atoms with Crippen LogP contribution in [-0.4, -0.2) is 32.3 Å². The van der Waals surface area contributed by atoms with Crippen LogP contribution >= 0.6 is 15.9 Å². The van der Waals surface area contributed by atoms with E-state index in [0.717, 1.165) is 43.7 Å². The lowest BCUT2D eigenvalue weighted by atomic mass is 10.1. The number of anilines is 1. The van der Waals surface area contributed by atoms with E-state index in [1.165, 1.54) is 11.3 Å². The third-order valence-electron chi connectivity index (χ3n) is 3.54. The lowest BCUT2D eigenvalue weighted by Crippen LogP contribution is -2.42. The van der Waals surface area contributed by atoms with Crippen molar-refractivity contribution in [2.75, 3.05) is 31.1 Å². The number of rotatable bonds is 5. The van der Waals surface area contributed by atoms with Crippen LogP contribution in [0.5, 0.6) is 0 Å². The molecule has 1 atom stereocenters. The maximum atomic E-state index is 5.76. The molecule has 19 heavy (non-hydrogen) atoms. The fourth-order valence-corrected chi connectivity index (χ4v) is 2.86. The van der Waals surface area contributed by atoms with Crippen LogP contribution in [0.2, 0.25) is 0 Å². The molecule has 1 unspecified atom stereocenters. The summed E-state index contributed by atoms with van der Waals surface area (Å²) in [4.78, 5) is 2.46. The molecule has 1 fully saturated rings. The van der Waals surface area contributed by atoms with E-state index in [1.54, 1.807) is 0 Å². The normalized spacial score (nSPS) is 19.7. The second-order valence-corrected chi connectivity index (χ2v) is 5.82. The molecule has 1 aliphatic rings. The van der Waals surface area contributed by atoms with Crippen molar-refractivity contribution in [2.45, 2.75) is 32.9 Å². The number of ether oxygens (including phenoxy) is 1. The zero-order valence-electron chi connectivity index (χ0n) is 11.8. The van der Waals surface area contributed by atoms with Gasteiger partial charge < -0.3 is 15.0 Å². The summed E-state index contributed by atoms with van der Waals surface area (Å²) in [5, 5.41) is 3.42. The van der Waals surface area contributed by atoms with E-state index in [0.29, 0.717) is 6.10 Å². The molecule has 2 rings (SSSR count). The Kier molecular flexibility index (Phi) is 5.67. The average Bonchev–Trinajstić information content (AvgIpc) is 2.45. The molecule has 0 radical (unpaired) electrons. The van der Waals surface area contributed by atoms with Gasteiger partial charge in [0.05, 0.1) is 12.7 Å². The first-order valence-corrected chi connectivity index (χ1v) is 7.89. The Labute approximate surface area is 124 Å². The number of hydrogen-bond acceptors (Lipinski definition) is 3. The van der Waals surface area contributed by atoms with E-state index in [9.17, 15) is 0 Å². The van der Waals surface area contributed by atoms with Crippen LogP contribution < -0.4 is 10.2 Å². The van der Waals surface area contributed by atoms with Crippen LogP contribution in [0.25, 0.3) is 0 Å². The first-order valence-electron chi connectivity index (χ1n) is 7.10. The third-order valence-corrected chi connectivity index (χ3v) is 4.04. The largest absolute Gasteiger partial charge is 0.375 e. The minimum absolute atomic E-state index is 0.365. The summed E-state index contributed by atoms with van der Waals surface area (Å²) in [5.74, 6) is 0. The van der Waals surface area contributed by atoms with Crippen LogP contribution in [0.1, 0.15) is 25.8 Å². The van der Waals surface area contributed by atoms with Crippen molar-refractivity contribution < 1.29 is 4.74 Å². The Morgan fingerprint density at radius 2 is 2.26 bits per heavy atom. The summed E-state index contributed by atoms with van der Waals surface area (Å²) in [7, 11) is 0. The van der Waals surface area contributed by atoms with Gasteiger partial charge in [-0.1, -0.05) is 29.8 Å². The highest BCUT2D eigenvalue weighted by molar-refractivity contribution is 9.10. The molecular weight excluding hydrogens is 304 g/mol. The fourth-order valence-electron chi connectivity index (χ4n) is 2.45. The van der Waals surface area contributed by atoms with Crippen molar-refractivity contribution in [3.05, 3.63) is 28.2 Å². The number of hydrogen-bond donors (Lipinski definition) is 1. The summed E-state index contributed by atoms with van der Waals surface area (Å²) < 4.78 is 6.90. The molecule has 1 aromatic rings. The van der Waals surface area contributed by atoms with Gasteiger partial charge in [0.2, 0.25) is 0 Å². The number of nitrogens with one attached hydrogen (secondary N) is 1. The highest BCUT2D eigenvalue weighted by Crippen LogP contribution is 2.26. The van der Waals surface area contributed by atoms with Crippen molar-refractivity contribution in [3.8, 4) is 0 Å². The van der Waals surface area contributed by atoms with Gasteiger partial charge in [0.15, 0.2) is 0 Å². The van der Waals surface area contributed by atoms with E-state index in [2.05, 4.69) is 58.2 Å². The Morgan fingerprint density at radius 1 is 1.42 bits per heavy atom. The van der Waals surface area contributed by atoms with Gasteiger partial charge in [0, 0.05) is 29.8 Å². The lowest BCUT2D eigenvalue weighted by Gasteiger charge is -2.35. The second kappa shape index (κ2) is 7.27. The summed E-state index contributed by atoms with van der Waals surface area (Å²) in [6, 6.07) is 6.56. The zero-order valence-corrected chi connectivity index (χ0v) is 13.4. The molecule has 1 aromatic carbocycles. The van der Waals surface area contributed by atoms with Crippen molar-refractivity contribution >= 4 is 21.6 Å². The molecule has 0 saturated carbocycles. The molecule has 0 aromatic heterocycles. The number of halogens is 1. The second-order valence-electron chi connectivity index (χ2n) is 4.90. The minimum Gasteiger partial charge on any atom is -0.375 e. The Bertz CT molecular complexity index is 411. The van der Waals surface area contributed by atoms with Crippen molar-refractivity contribution in [1.82, 2.24) is 5.32 Å². The summed E-state index contributed by atoms with van der Waals surface area (Å²) >= 11 is 3.57. The number of benzene rings is 1. The maximum Gasteiger partial charge on any atom is 0.0748 e. The minimum atomic E-state index is 0.365. The molecule has 0 spiro atoms. The first kappa shape index (κ1) is 14.8. The van der Waals surface area contributed by atoms with Crippen molar-refractivity contribution in [1.29, 1.82) is 0 Å². The van der Waals surface area contributed by atoms with Crippen LogP contribution in [-0.2, 0) is 11.3 Å². The van der Waals surface area contributed by atoms with Gasteiger partial charge in [-0.2, -0.15) is 0 Å². The maximum absolute atomic E-state index is 5.76. The first-order chi connectivity index (χ1) is 9.24. The Morgan fingerprint density at radius 3 is 3.00 bits per heavy atom. The van der Waals surface area contributed by atoms with Gasteiger partial charge in [-0.05, 0) is 36.7 Å². The predicted octanol–water partition coefficient (Wildman–Crippen LogP) is 3.17. The number of nitrogens with zero attached hydrogens (tertiary/aromatic N) is 1. The van der Waals surface area contributed by atoms with Gasteiger partial charge in [0.25, 0.3) is 0 Å². The molecule has 3 nitrogen and oxygen atoms in total. The molecule has 1 N–H and O–H groups in total. The molecule has 1 heterocycles. The van der Waals surface area contributed by atoms with Crippen molar-refractivity contribution in [3.63, 3.8) is 0 Å². The standard InChI is InChI=1S/C15H23BrN2O/c1-3-14-11-18(7-8-19-14)15-6-5-13(16)9-12(15)10-17-4-2/h5-6,9,14,17H,3-4,7-8,10-11H2,1-2H3. The number of morpholine rings is 1. The fraction of sp³-hybridized carbons (Fsp3) is 0.600. The van der Waals surface area contributed by atoms with Crippen molar-refractivity contribution in [2.24, 2.45) is 0 Å². The molecule has 4 heteroatoms. The molecular formula is C15H23BrN2O. The molecule has 1 saturated heterocycles. The van der Waals surface area contributed by atoms with Gasteiger partial charge in [0.1, 0.15) is 0 Å². The smallest absolute Gasteiger partial charge is 0.0748 e. The zero-order chi connectivity index (χ0) is 13.7. The summed E-state index contributed by atoms with van der Waals surface area (Å²) in [5.41, 5.74) is 2.69. The lowest BCUT2D eigenvalue weighted by molar-refractivity contribution is 0.0384. The SMILES string of the molecule is CCNCc1cc(Br)ccc1N1CCOC(CC)C1. The molecule has 106 valence electrons. The molecule has 0 amide bonds. The van der Waals surface area contributed by atoms with Crippen LogP contribution in [0, 0.1) is 0 Å². The Balaban J connectivity index is 2.17.